The van der Waals surface area contributed by atoms with E-state index in [-0.39, 0.29) is 22.8 Å². The zero-order valence-electron chi connectivity index (χ0n) is 21.6. The van der Waals surface area contributed by atoms with Crippen LogP contribution < -0.4 is 14.9 Å². The van der Waals surface area contributed by atoms with Gasteiger partial charge in [-0.15, -0.1) is 0 Å². The minimum atomic E-state index is -0.705. The second kappa shape index (κ2) is 11.4. The second-order valence-electron chi connectivity index (χ2n) is 8.74. The Bertz CT molecular complexity index is 1850. The summed E-state index contributed by atoms with van der Waals surface area (Å²) in [6.07, 6.45) is 1.63. The molecule has 5 rings (SSSR count). The van der Waals surface area contributed by atoms with E-state index in [9.17, 15) is 14.4 Å². The van der Waals surface area contributed by atoms with E-state index in [2.05, 4.69) is 20.9 Å². The summed E-state index contributed by atoms with van der Waals surface area (Å²) in [4.78, 5) is 43.9. The molecule has 4 aromatic rings. The van der Waals surface area contributed by atoms with E-state index in [1.165, 1.54) is 23.0 Å². The van der Waals surface area contributed by atoms with Gasteiger partial charge in [0.2, 0.25) is 0 Å². The fraction of sp³-hybridized carbons (Fsp3) is 0.172. The van der Waals surface area contributed by atoms with Gasteiger partial charge in [0.15, 0.2) is 4.80 Å². The summed E-state index contributed by atoms with van der Waals surface area (Å²) in [6, 6.07) is 15.1. The number of furan rings is 1. The number of benzene rings is 2. The first-order valence-corrected chi connectivity index (χ1v) is 14.1. The molecule has 0 aliphatic carbocycles. The molecule has 2 aromatic heterocycles. The van der Waals surface area contributed by atoms with Gasteiger partial charge < -0.3 is 13.9 Å². The number of thiazole rings is 1. The quantitative estimate of drug-likeness (QED) is 0.266. The fourth-order valence-corrected chi connectivity index (χ4v) is 5.90. The van der Waals surface area contributed by atoms with Gasteiger partial charge in [-0.2, -0.15) is 0 Å². The van der Waals surface area contributed by atoms with Crippen molar-refractivity contribution in [1.82, 2.24) is 4.57 Å². The Morgan fingerprint density at radius 3 is 2.60 bits per heavy atom. The number of allylic oxidation sites excluding steroid dienone is 1. The summed E-state index contributed by atoms with van der Waals surface area (Å²) in [5.41, 5.74) is 2.07. The van der Waals surface area contributed by atoms with Crippen LogP contribution in [0.5, 0.6) is 0 Å². The molecule has 3 heterocycles. The van der Waals surface area contributed by atoms with Gasteiger partial charge in [0, 0.05) is 16.1 Å². The van der Waals surface area contributed by atoms with E-state index in [0.29, 0.717) is 37.7 Å². The van der Waals surface area contributed by atoms with Crippen LogP contribution in [0.3, 0.4) is 0 Å². The van der Waals surface area contributed by atoms with E-state index in [1.807, 2.05) is 24.3 Å². The monoisotopic (exact) mass is 640 g/mol. The maximum atomic E-state index is 13.8. The second-order valence-corrected chi connectivity index (χ2v) is 11.1. The molecule has 0 radical (unpaired) electrons. The van der Waals surface area contributed by atoms with Crippen LogP contribution in [0, 0.1) is 0 Å². The van der Waals surface area contributed by atoms with Crippen LogP contribution >= 0.6 is 38.9 Å². The van der Waals surface area contributed by atoms with E-state index >= 15 is 0 Å². The van der Waals surface area contributed by atoms with Crippen molar-refractivity contribution in [3.05, 3.63) is 112 Å². The molecular weight excluding hydrogens is 620 g/mol. The lowest BCUT2D eigenvalue weighted by Crippen LogP contribution is -2.39. The first kappa shape index (κ1) is 27.8. The SMILES string of the molecule is CCOC(=O)C1=C(C)N=c2s/c(=C\c3ccc(-c4ccc(Cl)c(C(=O)OC)c4)o3)c(=O)n2[C@H]1c1ccc(Br)cc1. The Morgan fingerprint density at radius 1 is 1.15 bits per heavy atom. The zero-order chi connectivity index (χ0) is 28.6. The van der Waals surface area contributed by atoms with Gasteiger partial charge in [-0.3, -0.25) is 9.36 Å². The Balaban J connectivity index is 1.60. The van der Waals surface area contributed by atoms with Crippen molar-refractivity contribution in [3.8, 4) is 11.3 Å². The van der Waals surface area contributed by atoms with Crippen LogP contribution in [-0.4, -0.2) is 30.2 Å². The summed E-state index contributed by atoms with van der Waals surface area (Å²) in [7, 11) is 1.28. The van der Waals surface area contributed by atoms with Gasteiger partial charge in [0.1, 0.15) is 11.5 Å². The van der Waals surface area contributed by atoms with Crippen LogP contribution in [0.4, 0.5) is 0 Å². The van der Waals surface area contributed by atoms with Crippen molar-refractivity contribution < 1.29 is 23.5 Å². The normalized spacial score (nSPS) is 15.0. The highest BCUT2D eigenvalue weighted by molar-refractivity contribution is 9.10. The summed E-state index contributed by atoms with van der Waals surface area (Å²) in [6.45, 7) is 3.67. The molecule has 204 valence electrons. The van der Waals surface area contributed by atoms with Gasteiger partial charge in [0.05, 0.1) is 46.1 Å². The number of ether oxygens (including phenoxy) is 2. The van der Waals surface area contributed by atoms with E-state index in [1.54, 1.807) is 50.3 Å². The van der Waals surface area contributed by atoms with Crippen LogP contribution in [0.15, 0.2) is 84.5 Å². The minimum absolute atomic E-state index is 0.197. The molecule has 0 bridgehead atoms. The maximum absolute atomic E-state index is 13.8. The lowest BCUT2D eigenvalue weighted by Gasteiger charge is -2.24. The number of halogens is 2. The van der Waals surface area contributed by atoms with Gasteiger partial charge in [-0.05, 0) is 61.9 Å². The van der Waals surface area contributed by atoms with Gasteiger partial charge in [0.25, 0.3) is 5.56 Å². The first-order chi connectivity index (χ1) is 19.2. The molecule has 1 aliphatic rings. The summed E-state index contributed by atoms with van der Waals surface area (Å²) in [5, 5.41) is 0.265. The van der Waals surface area contributed by atoms with Crippen molar-refractivity contribution in [3.63, 3.8) is 0 Å². The number of rotatable bonds is 6. The van der Waals surface area contributed by atoms with Gasteiger partial charge in [-0.25, -0.2) is 14.6 Å². The van der Waals surface area contributed by atoms with Crippen LogP contribution in [0.25, 0.3) is 17.4 Å². The topological polar surface area (TPSA) is 100 Å². The zero-order valence-corrected chi connectivity index (χ0v) is 24.7. The van der Waals surface area contributed by atoms with Crippen molar-refractivity contribution in [2.24, 2.45) is 4.99 Å². The molecule has 0 spiro atoms. The highest BCUT2D eigenvalue weighted by Crippen LogP contribution is 2.32. The first-order valence-electron chi connectivity index (χ1n) is 12.1. The maximum Gasteiger partial charge on any atom is 0.339 e. The predicted octanol–water partition coefficient (Wildman–Crippen LogP) is 5.26. The van der Waals surface area contributed by atoms with E-state index < -0.39 is 18.0 Å². The molecule has 1 aliphatic heterocycles. The third-order valence-electron chi connectivity index (χ3n) is 6.26. The van der Waals surface area contributed by atoms with Crippen molar-refractivity contribution in [2.45, 2.75) is 19.9 Å². The number of methoxy groups -OCH3 is 1. The van der Waals surface area contributed by atoms with Gasteiger partial charge >= 0.3 is 11.9 Å². The molecule has 0 unspecified atom stereocenters. The molecular formula is C29H22BrClN2O6S. The van der Waals surface area contributed by atoms with Crippen LogP contribution in [0.1, 0.15) is 41.6 Å². The number of hydrogen-bond acceptors (Lipinski definition) is 8. The lowest BCUT2D eigenvalue weighted by molar-refractivity contribution is -0.139. The molecule has 1 atom stereocenters. The summed E-state index contributed by atoms with van der Waals surface area (Å²) < 4.78 is 18.9. The summed E-state index contributed by atoms with van der Waals surface area (Å²) in [5.74, 6) is -0.168. The molecule has 0 fully saturated rings. The lowest BCUT2D eigenvalue weighted by atomic mass is 9.96. The highest BCUT2D eigenvalue weighted by atomic mass is 79.9. The molecule has 0 amide bonds. The third-order valence-corrected chi connectivity index (χ3v) is 8.10. The average molecular weight is 642 g/mol. The fourth-order valence-electron chi connectivity index (χ4n) is 4.41. The number of esters is 2. The smallest absolute Gasteiger partial charge is 0.339 e. The van der Waals surface area contributed by atoms with E-state index in [0.717, 1.165) is 10.0 Å². The Labute approximate surface area is 246 Å². The number of aromatic nitrogens is 1. The number of carbonyl (C=O) groups is 2. The molecule has 8 nitrogen and oxygen atoms in total. The highest BCUT2D eigenvalue weighted by Gasteiger charge is 2.33. The number of hydrogen-bond donors (Lipinski definition) is 0. The van der Waals surface area contributed by atoms with Crippen molar-refractivity contribution in [1.29, 1.82) is 0 Å². The minimum Gasteiger partial charge on any atom is -0.465 e. The Kier molecular flexibility index (Phi) is 7.93. The third kappa shape index (κ3) is 5.22. The molecule has 11 heteroatoms. The molecule has 2 aromatic carbocycles. The largest absolute Gasteiger partial charge is 0.465 e. The summed E-state index contributed by atoms with van der Waals surface area (Å²) >= 11 is 10.8. The average Bonchev–Trinajstić information content (AvgIpc) is 3.52. The molecule has 0 saturated carbocycles. The number of nitrogens with zero attached hydrogens (tertiary/aromatic N) is 2. The van der Waals surface area contributed by atoms with Crippen molar-refractivity contribution in [2.75, 3.05) is 13.7 Å². The van der Waals surface area contributed by atoms with Gasteiger partial charge in [-0.1, -0.05) is 51.0 Å². The Morgan fingerprint density at radius 2 is 1.90 bits per heavy atom. The van der Waals surface area contributed by atoms with Crippen molar-refractivity contribution >= 4 is 56.9 Å². The number of fused-ring (bicyclic) bond motifs is 1. The Hall–Kier alpha value is -3.73. The standard InChI is InChI=1S/C29H22BrClN2O6S/c1-4-38-28(36)24-15(2)32-29-33(25(24)16-5-8-18(30)9-6-16)26(34)23(40-29)14-19-10-12-22(39-19)17-7-11-21(31)20(13-17)27(35)37-3/h5-14,25H,4H2,1-3H3/b23-14-/t25-/m0/s1. The predicted molar refractivity (Wildman–Crippen MR) is 155 cm³/mol. The van der Waals surface area contributed by atoms with Crippen LogP contribution in [-0.2, 0) is 14.3 Å². The number of carbonyl (C=O) groups excluding carboxylic acids is 2. The molecule has 40 heavy (non-hydrogen) atoms. The molecule has 0 saturated heterocycles. The van der Waals surface area contributed by atoms with Crippen LogP contribution in [0.2, 0.25) is 5.02 Å². The molecule has 0 N–H and O–H groups in total. The van der Waals surface area contributed by atoms with E-state index in [4.69, 9.17) is 25.5 Å².